The Labute approximate surface area is 122 Å². The second-order valence-electron chi connectivity index (χ2n) is 4.72. The van der Waals surface area contributed by atoms with Gasteiger partial charge in [0.2, 0.25) is 0 Å². The third kappa shape index (κ3) is 5.33. The second kappa shape index (κ2) is 8.14. The molecule has 2 fully saturated rings. The quantitative estimate of drug-likeness (QED) is 0.445. The summed E-state index contributed by atoms with van der Waals surface area (Å²) in [5.41, 5.74) is 0. The average Bonchev–Trinajstić information content (AvgIpc) is 2.90. The predicted octanol–water partition coefficient (Wildman–Crippen LogP) is 1.69. The average molecular weight is 294 g/mol. The first kappa shape index (κ1) is 16.8. The molecule has 6 heteroatoms. The summed E-state index contributed by atoms with van der Waals surface area (Å²) in [4.78, 5) is 42.5. The number of hydrogen-bond donors (Lipinski definition) is 0. The first-order valence-electron chi connectivity index (χ1n) is 6.69. The van der Waals surface area contributed by atoms with E-state index in [-0.39, 0.29) is 30.6 Å². The molecule has 2 atom stereocenters. The van der Waals surface area contributed by atoms with Crippen LogP contribution in [0.3, 0.4) is 0 Å². The smallest absolute Gasteiger partial charge is 0.317 e. The molecule has 0 amide bonds. The number of rotatable bonds is 4. The Morgan fingerprint density at radius 3 is 1.81 bits per heavy atom. The first-order valence-corrected chi connectivity index (χ1v) is 6.69. The molecule has 0 N–H and O–H groups in total. The number of hydrogen-bond acceptors (Lipinski definition) is 6. The van der Waals surface area contributed by atoms with Crippen molar-refractivity contribution in [2.45, 2.75) is 32.6 Å². The highest BCUT2D eigenvalue weighted by molar-refractivity contribution is 5.95. The Hall–Kier alpha value is -2.24. The zero-order chi connectivity index (χ0) is 15.8. The Bertz CT molecular complexity index is 477. The van der Waals surface area contributed by atoms with Crippen LogP contribution < -0.4 is 0 Å². The molecule has 2 heterocycles. The van der Waals surface area contributed by atoms with E-state index in [0.29, 0.717) is 12.8 Å². The van der Waals surface area contributed by atoms with E-state index in [1.54, 1.807) is 6.08 Å². The molecule has 2 rings (SSSR count). The zero-order valence-electron chi connectivity index (χ0n) is 11.9. The summed E-state index contributed by atoms with van der Waals surface area (Å²) in [5.74, 6) is -2.12. The molecule has 0 saturated carbocycles. The molecule has 2 unspecified atom stereocenters. The highest BCUT2D eigenvalue weighted by Crippen LogP contribution is 2.20. The lowest BCUT2D eigenvalue weighted by molar-refractivity contribution is -0.154. The fraction of sp³-hybridized carbons (Fsp3) is 0.467. The molecular weight excluding hydrogens is 276 g/mol. The van der Waals surface area contributed by atoms with Gasteiger partial charge >= 0.3 is 23.9 Å². The first-order chi connectivity index (χ1) is 9.97. The fourth-order valence-corrected chi connectivity index (χ4v) is 1.90. The molecule has 2 saturated heterocycles. The van der Waals surface area contributed by atoms with Gasteiger partial charge in [0.05, 0.1) is 24.7 Å². The van der Waals surface area contributed by atoms with Gasteiger partial charge in [0.1, 0.15) is 0 Å². The van der Waals surface area contributed by atoms with Crippen LogP contribution in [0, 0.1) is 11.8 Å². The molecule has 0 aromatic carbocycles. The molecular formula is C15H18O6. The highest BCUT2D eigenvalue weighted by atomic mass is 16.6. The van der Waals surface area contributed by atoms with Gasteiger partial charge in [-0.05, 0) is 19.8 Å². The Morgan fingerprint density at radius 2 is 1.48 bits per heavy atom. The summed E-state index contributed by atoms with van der Waals surface area (Å²) in [6.45, 7) is 5.34. The third-order valence-electron chi connectivity index (χ3n) is 3.03. The van der Waals surface area contributed by atoms with Gasteiger partial charge in [-0.15, -0.1) is 6.58 Å². The van der Waals surface area contributed by atoms with Crippen LogP contribution in [0.5, 0.6) is 0 Å². The maximum Gasteiger partial charge on any atom is 0.317 e. The summed E-state index contributed by atoms with van der Waals surface area (Å²) in [5, 5.41) is 0. The largest absolute Gasteiger partial charge is 0.393 e. The number of cyclic esters (lactones) is 4. The third-order valence-corrected chi connectivity index (χ3v) is 3.03. The summed E-state index contributed by atoms with van der Waals surface area (Å²) < 4.78 is 8.66. The van der Waals surface area contributed by atoms with Crippen molar-refractivity contribution in [3.8, 4) is 0 Å². The zero-order valence-corrected chi connectivity index (χ0v) is 11.9. The van der Waals surface area contributed by atoms with Crippen molar-refractivity contribution >= 4 is 23.9 Å². The lowest BCUT2D eigenvalue weighted by atomic mass is 10.0. The van der Waals surface area contributed by atoms with E-state index in [0.717, 1.165) is 0 Å². The molecule has 6 nitrogen and oxygen atoms in total. The lowest BCUT2D eigenvalue weighted by Gasteiger charge is -1.96. The van der Waals surface area contributed by atoms with Crippen LogP contribution in [0.2, 0.25) is 0 Å². The van der Waals surface area contributed by atoms with Gasteiger partial charge in [0.15, 0.2) is 0 Å². The van der Waals surface area contributed by atoms with E-state index in [9.17, 15) is 19.2 Å². The highest BCUT2D eigenvalue weighted by Gasteiger charge is 2.32. The van der Waals surface area contributed by atoms with Crippen molar-refractivity contribution in [2.75, 3.05) is 0 Å². The van der Waals surface area contributed by atoms with Gasteiger partial charge < -0.3 is 9.47 Å². The predicted molar refractivity (Wildman–Crippen MR) is 72.7 cm³/mol. The molecule has 0 aromatic rings. The summed E-state index contributed by atoms with van der Waals surface area (Å²) in [6, 6.07) is 0. The van der Waals surface area contributed by atoms with Gasteiger partial charge in [0, 0.05) is 0 Å². The number of carbonyl (C=O) groups is 4. The minimum Gasteiger partial charge on any atom is -0.393 e. The van der Waals surface area contributed by atoms with E-state index in [1.807, 2.05) is 19.1 Å². The van der Waals surface area contributed by atoms with Crippen molar-refractivity contribution in [2.24, 2.45) is 11.8 Å². The van der Waals surface area contributed by atoms with Gasteiger partial charge in [-0.25, -0.2) is 0 Å². The van der Waals surface area contributed by atoms with Crippen LogP contribution in [-0.2, 0) is 28.7 Å². The number of carbonyl (C=O) groups excluding carboxylic acids is 4. The SMILES string of the molecule is C/C=C/CC1CC(=O)OC1=O.C=CCC1CC(=O)OC1=O. The number of esters is 4. The molecule has 114 valence electrons. The van der Waals surface area contributed by atoms with E-state index in [4.69, 9.17) is 0 Å². The Balaban J connectivity index is 0.000000211. The number of allylic oxidation sites excluding steroid dienone is 3. The topological polar surface area (TPSA) is 86.7 Å². The van der Waals surface area contributed by atoms with Crippen LogP contribution in [0.4, 0.5) is 0 Å². The molecule has 0 aromatic heterocycles. The van der Waals surface area contributed by atoms with Gasteiger partial charge in [-0.3, -0.25) is 19.2 Å². The van der Waals surface area contributed by atoms with Crippen LogP contribution in [-0.4, -0.2) is 23.9 Å². The Kier molecular flexibility index (Phi) is 6.52. The fourth-order valence-electron chi connectivity index (χ4n) is 1.90. The molecule has 21 heavy (non-hydrogen) atoms. The monoisotopic (exact) mass is 294 g/mol. The van der Waals surface area contributed by atoms with Crippen LogP contribution in [0.1, 0.15) is 32.6 Å². The van der Waals surface area contributed by atoms with Crippen molar-refractivity contribution in [1.29, 1.82) is 0 Å². The van der Waals surface area contributed by atoms with E-state index in [2.05, 4.69) is 16.1 Å². The van der Waals surface area contributed by atoms with Gasteiger partial charge in [-0.1, -0.05) is 18.2 Å². The molecule has 0 radical (unpaired) electrons. The minimum absolute atomic E-state index is 0.213. The van der Waals surface area contributed by atoms with E-state index < -0.39 is 17.9 Å². The lowest BCUT2D eigenvalue weighted by Crippen LogP contribution is -2.05. The van der Waals surface area contributed by atoms with E-state index >= 15 is 0 Å². The van der Waals surface area contributed by atoms with Crippen molar-refractivity contribution < 1.29 is 28.7 Å². The molecule has 2 aliphatic heterocycles. The summed E-state index contributed by atoms with van der Waals surface area (Å²) >= 11 is 0. The maximum atomic E-state index is 10.8. The number of ether oxygens (including phenoxy) is 2. The van der Waals surface area contributed by atoms with Gasteiger partial charge in [0.25, 0.3) is 0 Å². The van der Waals surface area contributed by atoms with Gasteiger partial charge in [-0.2, -0.15) is 0 Å². The molecule has 0 bridgehead atoms. The minimum atomic E-state index is -0.420. The summed E-state index contributed by atoms with van der Waals surface area (Å²) in [7, 11) is 0. The standard InChI is InChI=1S/C8H10O3.C7H8O3/c1-2-3-4-6-5-7(9)11-8(6)10;1-2-3-5-4-6(8)10-7(5)9/h2-3,6H,4-5H2,1H3;2,5H,1,3-4H2/b3-2+;. The summed E-state index contributed by atoms with van der Waals surface area (Å²) in [6.07, 6.45) is 6.94. The maximum absolute atomic E-state index is 10.8. The molecule has 0 aliphatic carbocycles. The molecule has 0 spiro atoms. The Morgan fingerprint density at radius 1 is 1.00 bits per heavy atom. The van der Waals surface area contributed by atoms with Crippen LogP contribution >= 0.6 is 0 Å². The second-order valence-corrected chi connectivity index (χ2v) is 4.72. The van der Waals surface area contributed by atoms with Crippen molar-refractivity contribution in [1.82, 2.24) is 0 Å². The van der Waals surface area contributed by atoms with Crippen LogP contribution in [0.25, 0.3) is 0 Å². The molecule has 2 aliphatic rings. The van der Waals surface area contributed by atoms with E-state index in [1.165, 1.54) is 0 Å². The normalized spacial score (nSPS) is 24.6. The van der Waals surface area contributed by atoms with Crippen molar-refractivity contribution in [3.63, 3.8) is 0 Å². The van der Waals surface area contributed by atoms with Crippen LogP contribution in [0.15, 0.2) is 24.8 Å². The van der Waals surface area contributed by atoms with Crippen molar-refractivity contribution in [3.05, 3.63) is 24.8 Å².